The lowest BCUT2D eigenvalue weighted by molar-refractivity contribution is 0.570. The Balaban J connectivity index is 2.29. The largest absolute Gasteiger partial charge is 0.476 e. The number of hydrogen-bond donors (Lipinski definition) is 0. The Hall–Kier alpha value is -0.660. The third-order valence-corrected chi connectivity index (χ3v) is 6.58. The Labute approximate surface area is 198 Å². The van der Waals surface area contributed by atoms with Gasteiger partial charge in [-0.25, -0.2) is 0 Å². The summed E-state index contributed by atoms with van der Waals surface area (Å²) >= 11 is 1.84. The molecule has 0 radical (unpaired) electrons. The zero-order chi connectivity index (χ0) is 21.4. The Morgan fingerprint density at radius 1 is 0.400 bits per heavy atom. The Kier molecular flexibility index (Phi) is 7.10. The minimum absolute atomic E-state index is 0.581. The summed E-state index contributed by atoms with van der Waals surface area (Å²) in [7, 11) is 11.3. The molecule has 6 nitrogen and oxygen atoms in total. The maximum absolute atomic E-state index is 5.51. The van der Waals surface area contributed by atoms with Gasteiger partial charge in [0, 0.05) is 0 Å². The molecule has 0 bridgehead atoms. The second-order valence-corrected chi connectivity index (χ2v) is 7.82. The highest BCUT2D eigenvalue weighted by Gasteiger charge is 2.19. The smallest absolute Gasteiger partial charge is 0.192 e. The third-order valence-electron chi connectivity index (χ3n) is 4.84. The van der Waals surface area contributed by atoms with Crippen LogP contribution in [0.1, 0.15) is 0 Å². The van der Waals surface area contributed by atoms with E-state index in [2.05, 4.69) is 47.3 Å². The molecule has 0 aliphatic carbocycles. The topological polar surface area (TPSA) is 55.4 Å². The summed E-state index contributed by atoms with van der Waals surface area (Å²) in [6.07, 6.45) is 0. The van der Waals surface area contributed by atoms with Gasteiger partial charge < -0.3 is 25.7 Å². The molecule has 0 saturated carbocycles. The summed E-state index contributed by atoms with van der Waals surface area (Å²) in [5.74, 6) is 3.52. The summed E-state index contributed by atoms with van der Waals surface area (Å²) in [5, 5.41) is 5.75. The van der Waals surface area contributed by atoms with Crippen LogP contribution in [0.5, 0.6) is 34.5 Å². The van der Waals surface area contributed by atoms with Crippen molar-refractivity contribution in [2.24, 2.45) is 0 Å². The van der Waals surface area contributed by atoms with Gasteiger partial charge >= 0.3 is 0 Å². The van der Waals surface area contributed by atoms with Crippen molar-refractivity contribution < 1.29 is 25.7 Å². The minimum Gasteiger partial charge on any atom is -0.476 e. The predicted octanol–water partition coefficient (Wildman–Crippen LogP) is 6.72. The number of halogens is 1. The van der Waals surface area contributed by atoms with E-state index in [9.17, 15) is 0 Å². The lowest BCUT2D eigenvalue weighted by atomic mass is 9.93. The van der Waals surface area contributed by atoms with Gasteiger partial charge in [-0.1, -0.05) is 0 Å². The van der Waals surface area contributed by atoms with Crippen LogP contribution in [0.2, 0.25) is 0 Å². The number of benzene rings is 4. The SMILES string of the molecule is POc1cc2c3cc(OP)c(OP)cc3c3cc(OI)c(OP)cc3c2cc1OP. The van der Waals surface area contributed by atoms with E-state index >= 15 is 0 Å². The standard InChI is InChI=1S/C18H16IO6P5/c19-20-13-1-7-8(2-14(13)21-26)10-4-16(23-28)18(25-30)6-12(10)11-5-17(24-29)15(22-27)3-9(7)11/h1-6H,26-30H2. The first-order valence-corrected chi connectivity index (χ1v) is 11.5. The van der Waals surface area contributed by atoms with Gasteiger partial charge in [-0.15, -0.1) is 0 Å². The van der Waals surface area contributed by atoms with Crippen LogP contribution >= 0.6 is 70.3 Å². The molecule has 0 spiro atoms. The van der Waals surface area contributed by atoms with Crippen LogP contribution < -0.4 is 25.7 Å². The molecule has 5 unspecified atom stereocenters. The predicted molar refractivity (Wildman–Crippen MR) is 145 cm³/mol. The Morgan fingerprint density at radius 2 is 0.600 bits per heavy atom. The van der Waals surface area contributed by atoms with E-state index in [4.69, 9.17) is 25.7 Å². The van der Waals surface area contributed by atoms with Crippen molar-refractivity contribution in [2.75, 3.05) is 0 Å². The van der Waals surface area contributed by atoms with E-state index < -0.39 is 0 Å². The molecular weight excluding hydrogens is 594 g/mol. The van der Waals surface area contributed by atoms with Crippen molar-refractivity contribution in [2.45, 2.75) is 0 Å². The summed E-state index contributed by atoms with van der Waals surface area (Å²) in [4.78, 5) is 0. The molecule has 4 rings (SSSR count). The van der Waals surface area contributed by atoms with Gasteiger partial charge in [0.15, 0.2) is 57.5 Å². The molecular formula is C18H16IO6P5. The summed E-state index contributed by atoms with van der Waals surface area (Å²) in [5.41, 5.74) is 0. The van der Waals surface area contributed by atoms with Crippen LogP contribution in [0.15, 0.2) is 36.4 Å². The van der Waals surface area contributed by atoms with E-state index in [0.717, 1.165) is 32.3 Å². The number of rotatable bonds is 6. The molecule has 156 valence electrons. The monoisotopic (exact) mass is 610 g/mol. The first kappa shape index (κ1) is 22.5. The van der Waals surface area contributed by atoms with Gasteiger partial charge in [-0.3, -0.25) is 0 Å². The molecule has 0 aliphatic rings. The van der Waals surface area contributed by atoms with Crippen molar-refractivity contribution in [1.82, 2.24) is 0 Å². The average molecular weight is 610 g/mol. The van der Waals surface area contributed by atoms with Gasteiger partial charge in [0.1, 0.15) is 0 Å². The van der Waals surface area contributed by atoms with Gasteiger partial charge in [0.05, 0.1) is 47.3 Å². The highest BCUT2D eigenvalue weighted by molar-refractivity contribution is 14.1. The molecule has 4 aromatic carbocycles. The van der Waals surface area contributed by atoms with Crippen molar-refractivity contribution in [1.29, 1.82) is 0 Å². The second-order valence-electron chi connectivity index (χ2n) is 6.20. The molecule has 0 N–H and O–H groups in total. The van der Waals surface area contributed by atoms with Gasteiger partial charge in [-0.2, -0.15) is 0 Å². The highest BCUT2D eigenvalue weighted by Crippen LogP contribution is 2.48. The van der Waals surface area contributed by atoms with Gasteiger partial charge in [-0.05, 0) is 68.7 Å². The number of hydrogen-bond acceptors (Lipinski definition) is 6. The molecule has 0 saturated heterocycles. The zero-order valence-corrected chi connectivity index (χ0v) is 23.1. The van der Waals surface area contributed by atoms with E-state index in [1.54, 1.807) is 0 Å². The molecule has 4 aromatic rings. The van der Waals surface area contributed by atoms with Crippen molar-refractivity contribution in [3.8, 4) is 34.5 Å². The second kappa shape index (κ2) is 9.45. The van der Waals surface area contributed by atoms with Crippen LogP contribution in [-0.2, 0) is 0 Å². The van der Waals surface area contributed by atoms with E-state index in [0.29, 0.717) is 34.5 Å². The van der Waals surface area contributed by atoms with Crippen molar-refractivity contribution in [3.05, 3.63) is 36.4 Å². The Morgan fingerprint density at radius 3 is 0.800 bits per heavy atom. The maximum atomic E-state index is 5.51. The van der Waals surface area contributed by atoms with Crippen LogP contribution in [-0.4, -0.2) is 0 Å². The fraction of sp³-hybridized carbons (Fsp3) is 0. The first-order valence-electron chi connectivity index (χ1n) is 8.27. The summed E-state index contributed by atoms with van der Waals surface area (Å²) in [6.45, 7) is 0. The van der Waals surface area contributed by atoms with Crippen molar-refractivity contribution >= 4 is 103 Å². The number of fused-ring (bicyclic) bond motifs is 6. The summed E-state index contributed by atoms with van der Waals surface area (Å²) < 4.78 is 32.8. The molecule has 0 fully saturated rings. The van der Waals surface area contributed by atoms with Crippen LogP contribution in [0.3, 0.4) is 0 Å². The minimum atomic E-state index is 0.581. The lowest BCUT2D eigenvalue weighted by Crippen LogP contribution is -1.91. The molecule has 0 aliphatic heterocycles. The van der Waals surface area contributed by atoms with E-state index in [1.165, 1.54) is 0 Å². The summed E-state index contributed by atoms with van der Waals surface area (Å²) in [6, 6.07) is 11.6. The van der Waals surface area contributed by atoms with Crippen LogP contribution in [0.4, 0.5) is 0 Å². The van der Waals surface area contributed by atoms with Crippen molar-refractivity contribution in [3.63, 3.8) is 0 Å². The van der Waals surface area contributed by atoms with E-state index in [1.807, 2.05) is 59.4 Å². The normalized spacial score (nSPS) is 11.0. The molecule has 30 heavy (non-hydrogen) atoms. The fourth-order valence-electron chi connectivity index (χ4n) is 3.54. The van der Waals surface area contributed by atoms with Gasteiger partial charge in [0.25, 0.3) is 0 Å². The van der Waals surface area contributed by atoms with Crippen LogP contribution in [0.25, 0.3) is 32.3 Å². The first-order chi connectivity index (χ1) is 14.6. The van der Waals surface area contributed by atoms with Crippen LogP contribution in [0, 0.1) is 0 Å². The lowest BCUT2D eigenvalue weighted by Gasteiger charge is -2.17. The molecule has 0 heterocycles. The molecule has 12 heteroatoms. The highest BCUT2D eigenvalue weighted by atomic mass is 127. The maximum Gasteiger partial charge on any atom is 0.192 e. The fourth-order valence-corrected chi connectivity index (χ4v) is 4.80. The Bertz CT molecular complexity index is 1000. The zero-order valence-electron chi connectivity index (χ0n) is 15.2. The van der Waals surface area contributed by atoms with Gasteiger partial charge in [0.2, 0.25) is 0 Å². The third kappa shape index (κ3) is 3.73. The molecule has 0 amide bonds. The quantitative estimate of drug-likeness (QED) is 0.137. The average Bonchev–Trinajstić information content (AvgIpc) is 2.81. The molecule has 0 aromatic heterocycles. The van der Waals surface area contributed by atoms with E-state index in [-0.39, 0.29) is 0 Å². The molecule has 5 atom stereocenters.